The lowest BCUT2D eigenvalue weighted by atomic mass is 9.91. The summed E-state index contributed by atoms with van der Waals surface area (Å²) < 4.78 is 31.1. The Balaban J connectivity index is 2.85. The van der Waals surface area contributed by atoms with Crippen LogP contribution in [0.4, 0.5) is 0 Å². The maximum atomic E-state index is 13.6. The molecule has 0 saturated carbocycles. The Labute approximate surface area is 282 Å². The van der Waals surface area contributed by atoms with Gasteiger partial charge >= 0.3 is 23.9 Å². The average Bonchev–Trinajstić information content (AvgIpc) is 2.95. The number of benzene rings is 1. The number of carbonyl (C=O) groups is 4. The average molecular weight is 662 g/mol. The Morgan fingerprint density at radius 2 is 1.09 bits per heavy atom. The SMILES string of the molecule is CC[C@@H](c1ccccc1)N(CC)[C@@H]1O[C@H](COC(=O)C(C)(C)C)[C@H](OC(=O)C(C)(C)C)[C@H](OC(=O)C(C)(C)C)[C@H]1OC(=O)C(C)(C)C. The standard InChI is InChI=1S/C37H59NO9/c1-15-24(23-20-18-17-19-21-23)38(16-2)29-28(47-33(42)37(12,13)14)27(46-32(41)36(9,10)11)26(45-31(40)35(6,7)8)25(44-29)22-43-30(39)34(3,4)5/h17-21,24-29H,15-16,22H2,1-14H3/t24-,25+,26-,27-,28+,29+/m0/s1. The minimum absolute atomic E-state index is 0.188. The van der Waals surface area contributed by atoms with Crippen molar-refractivity contribution in [3.8, 4) is 0 Å². The molecule has 0 spiro atoms. The topological polar surface area (TPSA) is 118 Å². The molecule has 0 amide bonds. The minimum Gasteiger partial charge on any atom is -0.462 e. The van der Waals surface area contributed by atoms with Gasteiger partial charge in [-0.15, -0.1) is 0 Å². The summed E-state index contributed by atoms with van der Waals surface area (Å²) in [5.74, 6) is -2.20. The van der Waals surface area contributed by atoms with Crippen molar-refractivity contribution in [1.29, 1.82) is 0 Å². The van der Waals surface area contributed by atoms with Gasteiger partial charge in [-0.3, -0.25) is 24.1 Å². The van der Waals surface area contributed by atoms with Gasteiger partial charge in [0, 0.05) is 6.04 Å². The summed E-state index contributed by atoms with van der Waals surface area (Å²) >= 11 is 0. The molecule has 1 heterocycles. The molecule has 6 atom stereocenters. The molecule has 10 nitrogen and oxygen atoms in total. The van der Waals surface area contributed by atoms with E-state index in [1.165, 1.54) is 0 Å². The largest absolute Gasteiger partial charge is 0.462 e. The first-order valence-corrected chi connectivity index (χ1v) is 16.7. The molecule has 0 radical (unpaired) electrons. The molecule has 1 aromatic carbocycles. The lowest BCUT2D eigenvalue weighted by molar-refractivity contribution is -0.288. The summed E-state index contributed by atoms with van der Waals surface area (Å²) in [5.41, 5.74) is -2.60. The van der Waals surface area contributed by atoms with Crippen LogP contribution in [0.15, 0.2) is 30.3 Å². The van der Waals surface area contributed by atoms with Crippen molar-refractivity contribution in [3.05, 3.63) is 35.9 Å². The molecule has 0 aliphatic carbocycles. The molecule has 266 valence electrons. The van der Waals surface area contributed by atoms with Crippen LogP contribution in [0.2, 0.25) is 0 Å². The number of carbonyl (C=O) groups excluding carboxylic acids is 4. The van der Waals surface area contributed by atoms with Gasteiger partial charge in [-0.25, -0.2) is 0 Å². The summed E-state index contributed by atoms with van der Waals surface area (Å²) in [7, 11) is 0. The van der Waals surface area contributed by atoms with Crippen LogP contribution in [0.25, 0.3) is 0 Å². The zero-order chi connectivity index (χ0) is 36.1. The highest BCUT2D eigenvalue weighted by atomic mass is 16.7. The highest BCUT2D eigenvalue weighted by molar-refractivity contribution is 5.78. The van der Waals surface area contributed by atoms with Gasteiger partial charge in [-0.2, -0.15) is 0 Å². The van der Waals surface area contributed by atoms with Crippen molar-refractivity contribution < 1.29 is 42.9 Å². The van der Waals surface area contributed by atoms with E-state index in [1.54, 1.807) is 83.1 Å². The summed E-state index contributed by atoms with van der Waals surface area (Å²) in [5, 5.41) is 0. The van der Waals surface area contributed by atoms with Crippen molar-refractivity contribution in [2.75, 3.05) is 13.2 Å². The fourth-order valence-corrected chi connectivity index (χ4v) is 4.89. The van der Waals surface area contributed by atoms with Crippen molar-refractivity contribution >= 4 is 23.9 Å². The van der Waals surface area contributed by atoms with Crippen molar-refractivity contribution in [2.24, 2.45) is 21.7 Å². The Morgan fingerprint density at radius 1 is 0.660 bits per heavy atom. The smallest absolute Gasteiger partial charge is 0.311 e. The van der Waals surface area contributed by atoms with Crippen LogP contribution >= 0.6 is 0 Å². The first-order valence-electron chi connectivity index (χ1n) is 16.7. The first kappa shape index (κ1) is 40.2. The predicted octanol–water partition coefficient (Wildman–Crippen LogP) is 6.65. The molecule has 0 aromatic heterocycles. The van der Waals surface area contributed by atoms with Gasteiger partial charge < -0.3 is 23.7 Å². The molecule has 47 heavy (non-hydrogen) atoms. The fraction of sp³-hybridized carbons (Fsp3) is 0.730. The molecular formula is C37H59NO9. The normalized spacial score (nSPS) is 23.1. The molecule has 1 aromatic rings. The van der Waals surface area contributed by atoms with Crippen molar-refractivity contribution in [2.45, 2.75) is 140 Å². The maximum Gasteiger partial charge on any atom is 0.311 e. The maximum absolute atomic E-state index is 13.6. The van der Waals surface area contributed by atoms with E-state index in [-0.39, 0.29) is 12.6 Å². The second-order valence-electron chi connectivity index (χ2n) is 16.4. The van der Waals surface area contributed by atoms with Crippen LogP contribution in [-0.4, -0.2) is 72.6 Å². The summed E-state index contributed by atoms with van der Waals surface area (Å²) in [6, 6.07) is 9.69. The molecule has 2 rings (SSSR count). The van der Waals surface area contributed by atoms with Crippen LogP contribution in [0.3, 0.4) is 0 Å². The summed E-state index contributed by atoms with van der Waals surface area (Å²) in [4.78, 5) is 55.7. The van der Waals surface area contributed by atoms with Crippen molar-refractivity contribution in [3.63, 3.8) is 0 Å². The minimum atomic E-state index is -1.29. The van der Waals surface area contributed by atoms with Crippen LogP contribution in [0.5, 0.6) is 0 Å². The Morgan fingerprint density at radius 3 is 1.49 bits per heavy atom. The Hall–Kier alpha value is -2.98. The molecule has 1 saturated heterocycles. The number of esters is 4. The zero-order valence-electron chi connectivity index (χ0n) is 31.1. The van der Waals surface area contributed by atoms with Crippen LogP contribution in [-0.2, 0) is 42.9 Å². The molecule has 10 heteroatoms. The quantitative estimate of drug-likeness (QED) is 0.199. The van der Waals surface area contributed by atoms with Gasteiger partial charge in [0.2, 0.25) is 0 Å². The van der Waals surface area contributed by atoms with Gasteiger partial charge in [-0.05, 0) is 102 Å². The third-order valence-electron chi connectivity index (χ3n) is 7.83. The van der Waals surface area contributed by atoms with Gasteiger partial charge in [0.15, 0.2) is 24.5 Å². The van der Waals surface area contributed by atoms with Crippen LogP contribution in [0, 0.1) is 21.7 Å². The molecule has 1 fully saturated rings. The number of nitrogens with zero attached hydrogens (tertiary/aromatic N) is 1. The monoisotopic (exact) mass is 661 g/mol. The second kappa shape index (κ2) is 15.5. The van der Waals surface area contributed by atoms with Crippen molar-refractivity contribution in [1.82, 2.24) is 4.90 Å². The highest BCUT2D eigenvalue weighted by Gasteiger charge is 2.56. The molecular weight excluding hydrogens is 602 g/mol. The van der Waals surface area contributed by atoms with E-state index in [0.717, 1.165) is 5.56 Å². The number of rotatable bonds is 10. The number of hydrogen-bond donors (Lipinski definition) is 0. The van der Waals surface area contributed by atoms with Gasteiger partial charge in [0.05, 0.1) is 21.7 Å². The number of likely N-dealkylation sites (N-methyl/N-ethyl adjacent to an activating group) is 1. The van der Waals surface area contributed by atoms with E-state index >= 15 is 0 Å². The lowest BCUT2D eigenvalue weighted by Crippen LogP contribution is -2.67. The number of ether oxygens (including phenoxy) is 5. The Kier molecular flexibility index (Phi) is 13.3. The third-order valence-corrected chi connectivity index (χ3v) is 7.83. The van der Waals surface area contributed by atoms with E-state index in [4.69, 9.17) is 23.7 Å². The van der Waals surface area contributed by atoms with Gasteiger partial charge in [0.1, 0.15) is 12.7 Å². The van der Waals surface area contributed by atoms with Crippen LogP contribution < -0.4 is 0 Å². The van der Waals surface area contributed by atoms with E-state index in [2.05, 4.69) is 0 Å². The lowest BCUT2D eigenvalue weighted by Gasteiger charge is -2.50. The zero-order valence-corrected chi connectivity index (χ0v) is 31.1. The molecule has 0 N–H and O–H groups in total. The van der Waals surface area contributed by atoms with Gasteiger partial charge in [-0.1, -0.05) is 44.2 Å². The van der Waals surface area contributed by atoms with E-state index < -0.39 is 76.2 Å². The first-order chi connectivity index (χ1) is 21.4. The van der Waals surface area contributed by atoms with E-state index in [0.29, 0.717) is 13.0 Å². The fourth-order valence-electron chi connectivity index (χ4n) is 4.89. The second-order valence-corrected chi connectivity index (χ2v) is 16.4. The molecule has 0 unspecified atom stereocenters. The van der Waals surface area contributed by atoms with Crippen LogP contribution in [0.1, 0.15) is 115 Å². The molecule has 0 bridgehead atoms. The highest BCUT2D eigenvalue weighted by Crippen LogP contribution is 2.38. The number of hydrogen-bond acceptors (Lipinski definition) is 10. The van der Waals surface area contributed by atoms with E-state index in [1.807, 2.05) is 49.1 Å². The molecule has 1 aliphatic rings. The van der Waals surface area contributed by atoms with Gasteiger partial charge in [0.25, 0.3) is 0 Å². The third kappa shape index (κ3) is 10.8. The van der Waals surface area contributed by atoms with E-state index in [9.17, 15) is 19.2 Å². The summed E-state index contributed by atoms with van der Waals surface area (Å²) in [6.07, 6.45) is -5.14. The Bertz CT molecular complexity index is 1220. The predicted molar refractivity (Wildman–Crippen MR) is 179 cm³/mol. The summed E-state index contributed by atoms with van der Waals surface area (Å²) in [6.45, 7) is 24.8. The molecule has 1 aliphatic heterocycles.